The quantitative estimate of drug-likeness (QED) is 0.587. The fraction of sp³-hybridized carbons (Fsp3) is 0.500. The fourth-order valence-electron chi connectivity index (χ4n) is 2.16. The second-order valence-corrected chi connectivity index (χ2v) is 5.36. The zero-order chi connectivity index (χ0) is 19.4. The zero-order valence-corrected chi connectivity index (χ0v) is 15.4. The molecule has 8 nitrogen and oxygen atoms in total. The van der Waals surface area contributed by atoms with Gasteiger partial charge in [0.1, 0.15) is 0 Å². The molecule has 0 aliphatic carbocycles. The minimum absolute atomic E-state index is 0.0777. The Morgan fingerprint density at radius 3 is 2.42 bits per heavy atom. The Morgan fingerprint density at radius 1 is 1.12 bits per heavy atom. The summed E-state index contributed by atoms with van der Waals surface area (Å²) in [5, 5.41) is 2.63. The van der Waals surface area contributed by atoms with Crippen LogP contribution in [0, 0.1) is 0 Å². The van der Waals surface area contributed by atoms with E-state index in [-0.39, 0.29) is 50.5 Å². The summed E-state index contributed by atoms with van der Waals surface area (Å²) in [5.41, 5.74) is 0. The monoisotopic (exact) mass is 366 g/mol. The van der Waals surface area contributed by atoms with Crippen molar-refractivity contribution in [3.05, 3.63) is 24.3 Å². The second kappa shape index (κ2) is 11.7. The summed E-state index contributed by atoms with van der Waals surface area (Å²) in [6, 6.07) is 7.01. The van der Waals surface area contributed by atoms with Crippen molar-refractivity contribution in [2.24, 2.45) is 0 Å². The van der Waals surface area contributed by atoms with E-state index in [1.807, 2.05) is 0 Å². The van der Waals surface area contributed by atoms with E-state index in [9.17, 15) is 14.4 Å². The number of rotatable bonds is 11. The molecule has 0 radical (unpaired) electrons. The molecule has 2 amide bonds. The first-order valence-electron chi connectivity index (χ1n) is 8.41. The second-order valence-electron chi connectivity index (χ2n) is 5.36. The van der Waals surface area contributed by atoms with E-state index >= 15 is 0 Å². The van der Waals surface area contributed by atoms with Crippen molar-refractivity contribution in [1.82, 2.24) is 10.2 Å². The van der Waals surface area contributed by atoms with Gasteiger partial charge in [0.2, 0.25) is 5.91 Å². The maximum Gasteiger partial charge on any atom is 0.307 e. The van der Waals surface area contributed by atoms with E-state index in [1.54, 1.807) is 31.2 Å². The average molecular weight is 366 g/mol. The van der Waals surface area contributed by atoms with Crippen molar-refractivity contribution in [2.75, 3.05) is 40.0 Å². The number of nitrogens with one attached hydrogen (secondary N) is 1. The highest BCUT2D eigenvalue weighted by Gasteiger charge is 2.17. The van der Waals surface area contributed by atoms with Crippen LogP contribution >= 0.6 is 0 Å². The Bertz CT molecular complexity index is 605. The lowest BCUT2D eigenvalue weighted by Gasteiger charge is -2.22. The number of nitrogens with zero attached hydrogens (tertiary/aromatic N) is 1. The van der Waals surface area contributed by atoms with Crippen LogP contribution in [-0.4, -0.2) is 62.6 Å². The molecule has 1 aromatic rings. The number of para-hydroxylation sites is 2. The van der Waals surface area contributed by atoms with Gasteiger partial charge in [-0.1, -0.05) is 12.1 Å². The number of hydrogen-bond acceptors (Lipinski definition) is 6. The topological polar surface area (TPSA) is 94.2 Å². The molecule has 0 unspecified atom stereocenters. The van der Waals surface area contributed by atoms with E-state index in [0.717, 1.165) is 0 Å². The molecule has 1 aromatic carbocycles. The van der Waals surface area contributed by atoms with Gasteiger partial charge in [0.05, 0.1) is 20.1 Å². The van der Waals surface area contributed by atoms with Crippen LogP contribution in [0.15, 0.2) is 24.3 Å². The standard InChI is InChI=1S/C18H26N2O6/c1-4-25-18(23)9-11-20(12-10-19-14(2)21)17(22)13-26-16-8-6-5-7-15(16)24-3/h5-8H,4,9-13H2,1-3H3,(H,19,21). The Kier molecular flexibility index (Phi) is 9.59. The molecule has 0 bridgehead atoms. The van der Waals surface area contributed by atoms with Gasteiger partial charge in [0.25, 0.3) is 5.91 Å². The third-order valence-corrected chi connectivity index (χ3v) is 3.42. The molecule has 0 atom stereocenters. The van der Waals surface area contributed by atoms with Crippen LogP contribution in [0.25, 0.3) is 0 Å². The molecule has 0 saturated carbocycles. The van der Waals surface area contributed by atoms with Crippen LogP contribution in [0.5, 0.6) is 11.5 Å². The maximum absolute atomic E-state index is 12.5. The Balaban J connectivity index is 2.62. The Morgan fingerprint density at radius 2 is 1.81 bits per heavy atom. The number of methoxy groups -OCH3 is 1. The van der Waals surface area contributed by atoms with Gasteiger partial charge in [0.15, 0.2) is 18.1 Å². The predicted molar refractivity (Wildman–Crippen MR) is 95.0 cm³/mol. The van der Waals surface area contributed by atoms with Gasteiger partial charge in [-0.15, -0.1) is 0 Å². The number of benzene rings is 1. The summed E-state index contributed by atoms with van der Waals surface area (Å²) in [6.07, 6.45) is 0.0777. The Hall–Kier alpha value is -2.77. The number of carbonyl (C=O) groups is 3. The predicted octanol–water partition coefficient (Wildman–Crippen LogP) is 0.992. The largest absolute Gasteiger partial charge is 0.493 e. The van der Waals surface area contributed by atoms with Crippen molar-refractivity contribution < 1.29 is 28.6 Å². The normalized spacial score (nSPS) is 9.96. The summed E-state index contributed by atoms with van der Waals surface area (Å²) < 4.78 is 15.6. The van der Waals surface area contributed by atoms with Gasteiger partial charge in [0, 0.05) is 26.6 Å². The third kappa shape index (κ3) is 7.87. The van der Waals surface area contributed by atoms with E-state index in [1.165, 1.54) is 18.9 Å². The van der Waals surface area contributed by atoms with Crippen LogP contribution in [0.3, 0.4) is 0 Å². The van der Waals surface area contributed by atoms with Crippen molar-refractivity contribution in [1.29, 1.82) is 0 Å². The van der Waals surface area contributed by atoms with Crippen molar-refractivity contribution in [3.8, 4) is 11.5 Å². The highest BCUT2D eigenvalue weighted by Crippen LogP contribution is 2.25. The molecule has 0 spiro atoms. The van der Waals surface area contributed by atoms with E-state index < -0.39 is 0 Å². The minimum Gasteiger partial charge on any atom is -0.493 e. The summed E-state index contributed by atoms with van der Waals surface area (Å²) in [6.45, 7) is 3.95. The number of ether oxygens (including phenoxy) is 3. The van der Waals surface area contributed by atoms with Gasteiger partial charge < -0.3 is 24.4 Å². The van der Waals surface area contributed by atoms with Crippen LogP contribution in [0.4, 0.5) is 0 Å². The molecular formula is C18H26N2O6. The molecule has 1 N–H and O–H groups in total. The molecule has 26 heavy (non-hydrogen) atoms. The van der Waals surface area contributed by atoms with E-state index in [2.05, 4.69) is 5.32 Å². The van der Waals surface area contributed by atoms with Gasteiger partial charge in [-0.05, 0) is 19.1 Å². The van der Waals surface area contributed by atoms with Crippen molar-refractivity contribution in [3.63, 3.8) is 0 Å². The molecule has 0 aliphatic heterocycles. The van der Waals surface area contributed by atoms with Gasteiger partial charge in [-0.25, -0.2) is 0 Å². The molecular weight excluding hydrogens is 340 g/mol. The molecule has 0 saturated heterocycles. The molecule has 8 heteroatoms. The van der Waals surface area contributed by atoms with E-state index in [0.29, 0.717) is 18.0 Å². The first-order valence-corrected chi connectivity index (χ1v) is 8.41. The molecule has 144 valence electrons. The maximum atomic E-state index is 12.5. The summed E-state index contributed by atoms with van der Waals surface area (Å²) in [5.74, 6) is 0.112. The Labute approximate surface area is 153 Å². The summed E-state index contributed by atoms with van der Waals surface area (Å²) >= 11 is 0. The first-order chi connectivity index (χ1) is 12.5. The average Bonchev–Trinajstić information content (AvgIpc) is 2.62. The number of esters is 1. The van der Waals surface area contributed by atoms with Crippen molar-refractivity contribution >= 4 is 17.8 Å². The summed E-state index contributed by atoms with van der Waals surface area (Å²) in [4.78, 5) is 36.5. The van der Waals surface area contributed by atoms with E-state index in [4.69, 9.17) is 14.2 Å². The third-order valence-electron chi connectivity index (χ3n) is 3.42. The smallest absolute Gasteiger partial charge is 0.307 e. The van der Waals surface area contributed by atoms with Gasteiger partial charge in [-0.2, -0.15) is 0 Å². The number of hydrogen-bond donors (Lipinski definition) is 1. The molecule has 0 fully saturated rings. The lowest BCUT2D eigenvalue weighted by Crippen LogP contribution is -2.41. The highest BCUT2D eigenvalue weighted by atomic mass is 16.5. The van der Waals surface area contributed by atoms with Gasteiger partial charge >= 0.3 is 5.97 Å². The number of amides is 2. The van der Waals surface area contributed by atoms with Crippen LogP contribution in [0.2, 0.25) is 0 Å². The highest BCUT2D eigenvalue weighted by molar-refractivity contribution is 5.79. The SMILES string of the molecule is CCOC(=O)CCN(CCNC(C)=O)C(=O)COc1ccccc1OC. The lowest BCUT2D eigenvalue weighted by atomic mass is 10.3. The fourth-order valence-corrected chi connectivity index (χ4v) is 2.16. The zero-order valence-electron chi connectivity index (χ0n) is 15.4. The molecule has 0 aliphatic rings. The lowest BCUT2D eigenvalue weighted by molar-refractivity contribution is -0.144. The molecule has 0 heterocycles. The first kappa shape index (κ1) is 21.3. The van der Waals surface area contributed by atoms with Gasteiger partial charge in [-0.3, -0.25) is 14.4 Å². The van der Waals surface area contributed by atoms with Crippen molar-refractivity contribution in [2.45, 2.75) is 20.3 Å². The minimum atomic E-state index is -0.379. The molecule has 1 rings (SSSR count). The van der Waals surface area contributed by atoms with Crippen LogP contribution in [-0.2, 0) is 19.1 Å². The van der Waals surface area contributed by atoms with Crippen LogP contribution < -0.4 is 14.8 Å². The number of carbonyl (C=O) groups excluding carboxylic acids is 3. The molecule has 0 aromatic heterocycles. The van der Waals surface area contributed by atoms with Crippen LogP contribution in [0.1, 0.15) is 20.3 Å². The summed E-state index contributed by atoms with van der Waals surface area (Å²) in [7, 11) is 1.52.